The molecule has 0 saturated heterocycles. The largest absolute Gasteiger partial charge is 0.491 e. The van der Waals surface area contributed by atoms with Gasteiger partial charge in [0.15, 0.2) is 17.8 Å². The van der Waals surface area contributed by atoms with Crippen molar-refractivity contribution in [2.75, 3.05) is 42.4 Å². The van der Waals surface area contributed by atoms with Gasteiger partial charge in [-0.3, -0.25) is 19.4 Å². The number of fused-ring (bicyclic) bond motifs is 1. The Morgan fingerprint density at radius 3 is 2.13 bits per heavy atom. The number of aliphatic hydroxyl groups excluding tert-OH is 2. The van der Waals surface area contributed by atoms with Crippen LogP contribution in [0.4, 0.5) is 21.5 Å². The van der Waals surface area contributed by atoms with E-state index >= 15 is 0 Å². The summed E-state index contributed by atoms with van der Waals surface area (Å²) < 4.78 is 31.6. The van der Waals surface area contributed by atoms with Crippen LogP contribution in [0.2, 0.25) is 0 Å². The van der Waals surface area contributed by atoms with Crippen molar-refractivity contribution < 1.29 is 43.2 Å². The maximum atomic E-state index is 14.2. The number of hydrogen-bond donors (Lipinski definition) is 6. The Hall–Kier alpha value is -6.25. The molecule has 0 spiro atoms. The second-order valence-corrected chi connectivity index (χ2v) is 16.0. The molecular formula is C47H54FN5O8. The summed E-state index contributed by atoms with van der Waals surface area (Å²) in [4.78, 5) is 44.3. The van der Waals surface area contributed by atoms with Crippen molar-refractivity contribution >= 4 is 45.7 Å². The number of nitrogens with one attached hydrogen (secondary N) is 4. The van der Waals surface area contributed by atoms with E-state index < -0.39 is 18.0 Å². The maximum Gasteiger partial charge on any atom is 0.255 e. The first-order chi connectivity index (χ1) is 29.4. The number of aliphatic hydroxyl groups is 2. The van der Waals surface area contributed by atoms with Crippen molar-refractivity contribution in [2.45, 2.75) is 65.6 Å². The Morgan fingerprint density at radius 2 is 1.41 bits per heavy atom. The van der Waals surface area contributed by atoms with Crippen LogP contribution in [0.1, 0.15) is 85.9 Å². The lowest BCUT2D eigenvalue weighted by atomic mass is 9.85. The molecule has 1 unspecified atom stereocenters. The number of ether oxygens (including phenoxy) is 3. The third-order valence-electron chi connectivity index (χ3n) is 10.1. The summed E-state index contributed by atoms with van der Waals surface area (Å²) in [6, 6.07) is 23.1. The SMILES string of the molecule is CC(C)COc1cc(C(O)Nc2ccc(C(=O)NC3CCC(C(=O)Nc4cnc5ccccc5c4)CC3)cc2OCC(C)C)ccc1NC(=O)c1ccc(F)c(OCCO)c1. The highest BCUT2D eigenvalue weighted by molar-refractivity contribution is 6.05. The number of hydrogen-bond acceptors (Lipinski definition) is 10. The van der Waals surface area contributed by atoms with Gasteiger partial charge >= 0.3 is 0 Å². The van der Waals surface area contributed by atoms with E-state index in [1.54, 1.807) is 42.6 Å². The topological polar surface area (TPSA) is 180 Å². The minimum Gasteiger partial charge on any atom is -0.491 e. The van der Waals surface area contributed by atoms with Crippen LogP contribution in [-0.4, -0.2) is 65.4 Å². The first-order valence-electron chi connectivity index (χ1n) is 20.7. The smallest absolute Gasteiger partial charge is 0.255 e. The highest BCUT2D eigenvalue weighted by Crippen LogP contribution is 2.34. The minimum atomic E-state index is -1.25. The molecular weight excluding hydrogens is 782 g/mol. The van der Waals surface area contributed by atoms with Gasteiger partial charge < -0.3 is 45.7 Å². The molecule has 1 saturated carbocycles. The van der Waals surface area contributed by atoms with E-state index in [0.717, 1.165) is 17.0 Å². The van der Waals surface area contributed by atoms with E-state index in [2.05, 4.69) is 26.3 Å². The van der Waals surface area contributed by atoms with Crippen molar-refractivity contribution in [3.63, 3.8) is 0 Å². The number of para-hydroxylation sites is 1. The quantitative estimate of drug-likeness (QED) is 0.0473. The first kappa shape index (κ1) is 44.3. The predicted molar refractivity (Wildman–Crippen MR) is 233 cm³/mol. The molecule has 5 aromatic rings. The molecule has 0 aliphatic heterocycles. The lowest BCUT2D eigenvalue weighted by Crippen LogP contribution is -2.39. The van der Waals surface area contributed by atoms with Crippen LogP contribution in [-0.2, 0) is 4.79 Å². The highest BCUT2D eigenvalue weighted by Gasteiger charge is 2.28. The van der Waals surface area contributed by atoms with Crippen LogP contribution in [0.3, 0.4) is 0 Å². The second-order valence-electron chi connectivity index (χ2n) is 16.0. The van der Waals surface area contributed by atoms with Crippen molar-refractivity contribution in [1.82, 2.24) is 10.3 Å². The van der Waals surface area contributed by atoms with Gasteiger partial charge in [-0.15, -0.1) is 0 Å². The van der Waals surface area contributed by atoms with Crippen molar-refractivity contribution in [3.8, 4) is 17.2 Å². The van der Waals surface area contributed by atoms with Gasteiger partial charge in [0.1, 0.15) is 18.1 Å². The number of anilines is 3. The Balaban J connectivity index is 1.10. The van der Waals surface area contributed by atoms with E-state index in [9.17, 15) is 23.9 Å². The van der Waals surface area contributed by atoms with E-state index in [-0.39, 0.29) is 60.1 Å². The zero-order valence-electron chi connectivity index (χ0n) is 34.9. The number of aromatic nitrogens is 1. The fourth-order valence-corrected chi connectivity index (χ4v) is 6.84. The Kier molecular flexibility index (Phi) is 15.1. The van der Waals surface area contributed by atoms with Crippen LogP contribution in [0.25, 0.3) is 10.9 Å². The number of rotatable bonds is 18. The fourth-order valence-electron chi connectivity index (χ4n) is 6.84. The van der Waals surface area contributed by atoms with Gasteiger partial charge in [0, 0.05) is 34.0 Å². The van der Waals surface area contributed by atoms with Crippen LogP contribution in [0.15, 0.2) is 91.1 Å². The number of halogens is 1. The van der Waals surface area contributed by atoms with Crippen LogP contribution in [0.5, 0.6) is 17.2 Å². The summed E-state index contributed by atoms with van der Waals surface area (Å²) >= 11 is 0. The van der Waals surface area contributed by atoms with Crippen LogP contribution < -0.4 is 35.5 Å². The number of carbonyl (C=O) groups excluding carboxylic acids is 3. The number of amides is 3. The normalized spacial score (nSPS) is 15.6. The van der Waals surface area contributed by atoms with Gasteiger partial charge in [0.25, 0.3) is 11.8 Å². The third-order valence-corrected chi connectivity index (χ3v) is 10.1. The van der Waals surface area contributed by atoms with Crippen LogP contribution >= 0.6 is 0 Å². The molecule has 4 aromatic carbocycles. The van der Waals surface area contributed by atoms with Gasteiger partial charge in [-0.2, -0.15) is 0 Å². The molecule has 1 aromatic heterocycles. The van der Waals surface area contributed by atoms with Crippen molar-refractivity contribution in [1.29, 1.82) is 0 Å². The average Bonchev–Trinajstić information content (AvgIpc) is 3.25. The molecule has 1 heterocycles. The monoisotopic (exact) mass is 835 g/mol. The average molecular weight is 836 g/mol. The van der Waals surface area contributed by atoms with E-state index in [1.165, 1.54) is 12.1 Å². The number of nitrogens with zero attached hydrogens (tertiary/aromatic N) is 1. The standard InChI is InChI=1S/C47H54FN5O8/c1-28(2)26-60-42-23-33(45(56)50-35-14-9-30(10-15-35)44(55)51-36-21-31-7-5-6-8-38(31)49-25-36)12-17-39(42)53-47(58)34-13-18-40(43(24-34)61-27-29(3)4)52-46(57)32-11-16-37(48)41(22-32)59-20-19-54/h5-8,11-13,16-18,21-25,28-30,35,47,53-54,58H,9-10,14-15,19-20,26-27H2,1-4H3,(H,50,56)(H,51,55)(H,52,57). The highest BCUT2D eigenvalue weighted by atomic mass is 19.1. The van der Waals surface area contributed by atoms with E-state index in [4.69, 9.17) is 19.3 Å². The number of pyridine rings is 1. The predicted octanol–water partition coefficient (Wildman–Crippen LogP) is 8.10. The summed E-state index contributed by atoms with van der Waals surface area (Å²) in [5.41, 5.74) is 3.24. The van der Waals surface area contributed by atoms with Crippen molar-refractivity contribution in [2.24, 2.45) is 17.8 Å². The van der Waals surface area contributed by atoms with Crippen molar-refractivity contribution in [3.05, 3.63) is 114 Å². The van der Waals surface area contributed by atoms with Gasteiger partial charge in [-0.25, -0.2) is 4.39 Å². The third kappa shape index (κ3) is 12.2. The Morgan fingerprint density at radius 1 is 0.754 bits per heavy atom. The zero-order chi connectivity index (χ0) is 43.5. The van der Waals surface area contributed by atoms with Gasteiger partial charge in [0.2, 0.25) is 5.91 Å². The van der Waals surface area contributed by atoms with Gasteiger partial charge in [-0.05, 0) is 98.2 Å². The van der Waals surface area contributed by atoms with Crippen LogP contribution in [0, 0.1) is 23.6 Å². The summed E-state index contributed by atoms with van der Waals surface area (Å²) in [7, 11) is 0. The second kappa shape index (κ2) is 20.8. The number of benzene rings is 4. The lowest BCUT2D eigenvalue weighted by molar-refractivity contribution is -0.120. The molecule has 1 fully saturated rings. The number of carbonyl (C=O) groups is 3. The molecule has 322 valence electrons. The van der Waals surface area contributed by atoms with E-state index in [0.29, 0.717) is 78.6 Å². The Labute approximate surface area is 355 Å². The molecule has 1 atom stereocenters. The molecule has 13 nitrogen and oxygen atoms in total. The molecule has 1 aliphatic carbocycles. The maximum absolute atomic E-state index is 14.2. The lowest BCUT2D eigenvalue weighted by Gasteiger charge is -2.28. The molecule has 61 heavy (non-hydrogen) atoms. The zero-order valence-corrected chi connectivity index (χ0v) is 34.9. The Bertz CT molecular complexity index is 2310. The van der Waals surface area contributed by atoms with Gasteiger partial charge in [-0.1, -0.05) is 52.0 Å². The van der Waals surface area contributed by atoms with Gasteiger partial charge in [0.05, 0.1) is 48.6 Å². The molecule has 0 bridgehead atoms. The minimum absolute atomic E-state index is 0.0522. The molecule has 14 heteroatoms. The molecule has 6 N–H and O–H groups in total. The molecule has 6 rings (SSSR count). The first-order valence-corrected chi connectivity index (χ1v) is 20.7. The summed E-state index contributed by atoms with van der Waals surface area (Å²) in [6.45, 7) is 8.21. The van der Waals surface area contributed by atoms with E-state index in [1.807, 2.05) is 58.0 Å². The fraction of sp³-hybridized carbons (Fsp3) is 0.362. The molecule has 1 aliphatic rings. The molecule has 0 radical (unpaired) electrons. The summed E-state index contributed by atoms with van der Waals surface area (Å²) in [6.07, 6.45) is 2.99. The summed E-state index contributed by atoms with van der Waals surface area (Å²) in [5, 5.41) is 33.5. The summed E-state index contributed by atoms with van der Waals surface area (Å²) in [5.74, 6) is -0.852. The molecule has 3 amide bonds.